The lowest BCUT2D eigenvalue weighted by atomic mass is 10.2. The van der Waals surface area contributed by atoms with E-state index in [-0.39, 0.29) is 18.0 Å². The van der Waals surface area contributed by atoms with Crippen molar-refractivity contribution in [1.29, 1.82) is 0 Å². The van der Waals surface area contributed by atoms with E-state index in [2.05, 4.69) is 5.32 Å². The number of carbonyl (C=O) groups is 1. The van der Waals surface area contributed by atoms with Gasteiger partial charge in [0.25, 0.3) is 5.91 Å². The molecule has 1 aromatic carbocycles. The van der Waals surface area contributed by atoms with Crippen molar-refractivity contribution in [3.63, 3.8) is 0 Å². The van der Waals surface area contributed by atoms with Crippen LogP contribution in [0.2, 0.25) is 0 Å². The molecule has 0 heterocycles. The molecule has 0 fully saturated rings. The van der Waals surface area contributed by atoms with Crippen molar-refractivity contribution >= 4 is 11.6 Å². The Bertz CT molecular complexity index is 474. The van der Waals surface area contributed by atoms with Crippen LogP contribution >= 0.6 is 0 Å². The summed E-state index contributed by atoms with van der Waals surface area (Å²) in [6.45, 7) is 4.16. The number of benzene rings is 1. The molecule has 7 nitrogen and oxygen atoms in total. The SMILES string of the molecule is CC(C)NCc1ccc([N+](=O)[O-])c(OCC(N)=O)c1. The van der Waals surface area contributed by atoms with Crippen molar-refractivity contribution in [3.8, 4) is 5.75 Å². The first kappa shape index (κ1) is 14.9. The smallest absolute Gasteiger partial charge is 0.310 e. The molecule has 0 atom stereocenters. The van der Waals surface area contributed by atoms with Crippen LogP contribution in [0.25, 0.3) is 0 Å². The summed E-state index contributed by atoms with van der Waals surface area (Å²) in [5.41, 5.74) is 5.60. The molecule has 0 aliphatic heterocycles. The second kappa shape index (κ2) is 6.69. The standard InChI is InChI=1S/C12H17N3O4/c1-8(2)14-6-9-3-4-10(15(17)18)11(5-9)19-7-12(13)16/h3-5,8,14H,6-7H2,1-2H3,(H2,13,16). The number of nitrogens with zero attached hydrogens (tertiary/aromatic N) is 1. The topological polar surface area (TPSA) is 107 Å². The van der Waals surface area contributed by atoms with Crippen molar-refractivity contribution in [2.45, 2.75) is 26.4 Å². The molecular weight excluding hydrogens is 250 g/mol. The molecule has 104 valence electrons. The van der Waals surface area contributed by atoms with Gasteiger partial charge in [0.05, 0.1) is 4.92 Å². The van der Waals surface area contributed by atoms with Crippen LogP contribution in [0.15, 0.2) is 18.2 Å². The molecule has 7 heteroatoms. The van der Waals surface area contributed by atoms with Crippen molar-refractivity contribution in [3.05, 3.63) is 33.9 Å². The Morgan fingerprint density at radius 2 is 2.21 bits per heavy atom. The summed E-state index contributed by atoms with van der Waals surface area (Å²) < 4.78 is 5.06. The van der Waals surface area contributed by atoms with Gasteiger partial charge in [-0.2, -0.15) is 0 Å². The summed E-state index contributed by atoms with van der Waals surface area (Å²) in [7, 11) is 0. The number of hydrogen-bond donors (Lipinski definition) is 2. The molecular formula is C12H17N3O4. The summed E-state index contributed by atoms with van der Waals surface area (Å²) in [6.07, 6.45) is 0. The molecule has 0 saturated heterocycles. The van der Waals surface area contributed by atoms with Crippen LogP contribution in [0.1, 0.15) is 19.4 Å². The number of ether oxygens (including phenoxy) is 1. The summed E-state index contributed by atoms with van der Waals surface area (Å²) in [6, 6.07) is 4.83. The lowest BCUT2D eigenvalue weighted by Crippen LogP contribution is -2.22. The zero-order valence-electron chi connectivity index (χ0n) is 10.9. The van der Waals surface area contributed by atoms with Gasteiger partial charge in [-0.3, -0.25) is 14.9 Å². The molecule has 0 radical (unpaired) electrons. The van der Waals surface area contributed by atoms with E-state index in [0.717, 1.165) is 5.56 Å². The first-order chi connectivity index (χ1) is 8.90. The van der Waals surface area contributed by atoms with E-state index in [4.69, 9.17) is 10.5 Å². The minimum absolute atomic E-state index is 0.0480. The second-order valence-electron chi connectivity index (χ2n) is 4.35. The van der Waals surface area contributed by atoms with Crippen LogP contribution < -0.4 is 15.8 Å². The van der Waals surface area contributed by atoms with Crippen LogP contribution in [0.5, 0.6) is 5.75 Å². The summed E-state index contributed by atoms with van der Waals surface area (Å²) in [5, 5.41) is 14.0. The maximum Gasteiger partial charge on any atom is 0.310 e. The maximum atomic E-state index is 10.8. The fourth-order valence-corrected chi connectivity index (χ4v) is 1.41. The predicted octanol–water partition coefficient (Wildman–Crippen LogP) is 0.957. The number of carbonyl (C=O) groups excluding carboxylic acids is 1. The number of nitrogens with one attached hydrogen (secondary N) is 1. The van der Waals surface area contributed by atoms with Crippen LogP contribution in [0.4, 0.5) is 5.69 Å². The third kappa shape index (κ3) is 4.92. The fourth-order valence-electron chi connectivity index (χ4n) is 1.41. The van der Waals surface area contributed by atoms with E-state index in [9.17, 15) is 14.9 Å². The Labute approximate surface area is 110 Å². The highest BCUT2D eigenvalue weighted by atomic mass is 16.6. The summed E-state index contributed by atoms with van der Waals surface area (Å²) in [4.78, 5) is 20.9. The number of hydrogen-bond acceptors (Lipinski definition) is 5. The minimum atomic E-state index is -0.681. The summed E-state index contributed by atoms with van der Waals surface area (Å²) in [5.74, 6) is -0.633. The van der Waals surface area contributed by atoms with Gasteiger partial charge in [0.15, 0.2) is 12.4 Å². The zero-order valence-corrected chi connectivity index (χ0v) is 10.9. The van der Waals surface area contributed by atoms with Crippen LogP contribution in [-0.4, -0.2) is 23.5 Å². The van der Waals surface area contributed by atoms with Gasteiger partial charge in [-0.1, -0.05) is 19.9 Å². The fraction of sp³-hybridized carbons (Fsp3) is 0.417. The normalized spacial score (nSPS) is 10.5. The lowest BCUT2D eigenvalue weighted by molar-refractivity contribution is -0.385. The van der Waals surface area contributed by atoms with Gasteiger partial charge >= 0.3 is 5.69 Å². The Morgan fingerprint density at radius 3 is 2.74 bits per heavy atom. The van der Waals surface area contributed by atoms with Crippen LogP contribution in [0, 0.1) is 10.1 Å². The van der Waals surface area contributed by atoms with Crippen LogP contribution in [0.3, 0.4) is 0 Å². The van der Waals surface area contributed by atoms with E-state index in [1.54, 1.807) is 6.07 Å². The number of nitro groups is 1. The highest BCUT2D eigenvalue weighted by Gasteiger charge is 2.16. The Morgan fingerprint density at radius 1 is 1.53 bits per heavy atom. The molecule has 0 aliphatic rings. The van der Waals surface area contributed by atoms with Gasteiger partial charge < -0.3 is 15.8 Å². The highest BCUT2D eigenvalue weighted by Crippen LogP contribution is 2.27. The van der Waals surface area contributed by atoms with Gasteiger partial charge in [0.2, 0.25) is 0 Å². The minimum Gasteiger partial charge on any atom is -0.477 e. The number of nitrogens with two attached hydrogens (primary N) is 1. The molecule has 3 N–H and O–H groups in total. The molecule has 1 amide bonds. The Balaban J connectivity index is 2.90. The summed E-state index contributed by atoms with van der Waals surface area (Å²) >= 11 is 0. The lowest BCUT2D eigenvalue weighted by Gasteiger charge is -2.10. The molecule has 0 saturated carbocycles. The van der Waals surface area contributed by atoms with E-state index in [1.807, 2.05) is 13.8 Å². The molecule has 0 aromatic heterocycles. The van der Waals surface area contributed by atoms with Crippen LogP contribution in [-0.2, 0) is 11.3 Å². The van der Waals surface area contributed by atoms with Gasteiger partial charge in [-0.05, 0) is 11.6 Å². The van der Waals surface area contributed by atoms with Gasteiger partial charge in [0.1, 0.15) is 0 Å². The predicted molar refractivity (Wildman–Crippen MR) is 69.8 cm³/mol. The molecule has 0 bridgehead atoms. The molecule has 0 spiro atoms. The average molecular weight is 267 g/mol. The number of nitro benzene ring substituents is 1. The molecule has 1 aromatic rings. The highest BCUT2D eigenvalue weighted by molar-refractivity contribution is 5.75. The first-order valence-electron chi connectivity index (χ1n) is 5.82. The molecule has 0 unspecified atom stereocenters. The van der Waals surface area contributed by atoms with E-state index < -0.39 is 10.8 Å². The molecule has 1 rings (SSSR count). The third-order valence-corrected chi connectivity index (χ3v) is 2.31. The third-order valence-electron chi connectivity index (χ3n) is 2.31. The number of primary amides is 1. The molecule has 0 aliphatic carbocycles. The van der Waals surface area contributed by atoms with E-state index in [0.29, 0.717) is 12.6 Å². The van der Waals surface area contributed by atoms with E-state index >= 15 is 0 Å². The Kier molecular flexibility index (Phi) is 5.25. The maximum absolute atomic E-state index is 10.8. The van der Waals surface area contributed by atoms with Crippen molar-refractivity contribution in [2.75, 3.05) is 6.61 Å². The van der Waals surface area contributed by atoms with Gasteiger partial charge in [-0.15, -0.1) is 0 Å². The number of rotatable bonds is 7. The van der Waals surface area contributed by atoms with Crippen molar-refractivity contribution < 1.29 is 14.5 Å². The monoisotopic (exact) mass is 267 g/mol. The van der Waals surface area contributed by atoms with Gasteiger partial charge in [0, 0.05) is 18.7 Å². The average Bonchev–Trinajstić information content (AvgIpc) is 2.33. The van der Waals surface area contributed by atoms with Gasteiger partial charge in [-0.25, -0.2) is 0 Å². The largest absolute Gasteiger partial charge is 0.477 e. The molecule has 19 heavy (non-hydrogen) atoms. The van der Waals surface area contributed by atoms with Crippen molar-refractivity contribution in [1.82, 2.24) is 5.32 Å². The first-order valence-corrected chi connectivity index (χ1v) is 5.82. The second-order valence-corrected chi connectivity index (χ2v) is 4.35. The van der Waals surface area contributed by atoms with Crippen molar-refractivity contribution in [2.24, 2.45) is 5.73 Å². The Hall–Kier alpha value is -2.15. The zero-order chi connectivity index (χ0) is 14.4. The number of amides is 1. The van der Waals surface area contributed by atoms with E-state index in [1.165, 1.54) is 12.1 Å². The quantitative estimate of drug-likeness (QED) is 0.565.